The molecule has 0 atom stereocenters. The smallest absolute Gasteiger partial charge is 0.243 e. The molecule has 1 aromatic carbocycles. The third kappa shape index (κ3) is 4.17. The Kier molecular flexibility index (Phi) is 6.00. The fraction of sp³-hybridized carbons (Fsp3) is 0.556. The maximum atomic E-state index is 12.7. The molecule has 0 spiro atoms. The van der Waals surface area contributed by atoms with E-state index in [0.29, 0.717) is 31.2 Å². The second-order valence-corrected chi connectivity index (χ2v) is 9.85. The lowest BCUT2D eigenvalue weighted by molar-refractivity contribution is -0.141. The molecule has 2 amide bonds. The highest BCUT2D eigenvalue weighted by Crippen LogP contribution is 2.21. The van der Waals surface area contributed by atoms with Crippen molar-refractivity contribution in [3.63, 3.8) is 0 Å². The molecule has 0 aliphatic carbocycles. The van der Waals surface area contributed by atoms with Crippen LogP contribution in [0.5, 0.6) is 0 Å². The largest absolute Gasteiger partial charge is 0.353 e. The Morgan fingerprint density at radius 1 is 1.11 bits per heavy atom. The second kappa shape index (κ2) is 7.98. The summed E-state index contributed by atoms with van der Waals surface area (Å²) in [6.45, 7) is 5.98. The van der Waals surface area contributed by atoms with Crippen molar-refractivity contribution in [3.8, 4) is 0 Å². The molecule has 28 heavy (non-hydrogen) atoms. The minimum atomic E-state index is -3.61. The number of piperazine rings is 2. The minimum Gasteiger partial charge on any atom is -0.353 e. The summed E-state index contributed by atoms with van der Waals surface area (Å²) in [7, 11) is -3.61. The molecule has 0 unspecified atom stereocenters. The number of benzene rings is 1. The van der Waals surface area contributed by atoms with Gasteiger partial charge in [0.2, 0.25) is 21.8 Å². The van der Waals surface area contributed by atoms with E-state index in [4.69, 9.17) is 11.6 Å². The molecule has 1 aromatic rings. The first-order valence-corrected chi connectivity index (χ1v) is 11.0. The zero-order chi connectivity index (χ0) is 20.5. The number of rotatable bonds is 4. The molecule has 154 valence electrons. The number of nitrogens with zero attached hydrogens (tertiary/aromatic N) is 3. The monoisotopic (exact) mass is 428 g/mol. The molecule has 1 N–H and O–H groups in total. The second-order valence-electron chi connectivity index (χ2n) is 7.48. The van der Waals surface area contributed by atoms with Crippen molar-refractivity contribution in [2.45, 2.75) is 24.3 Å². The lowest BCUT2D eigenvalue weighted by atomic mass is 9.99. The number of carbonyl (C=O) groups excluding carboxylic acids is 2. The summed E-state index contributed by atoms with van der Waals surface area (Å²) in [6.07, 6.45) is 0. The van der Waals surface area contributed by atoms with Crippen LogP contribution in [-0.2, 0) is 19.6 Å². The Labute approximate surface area is 170 Å². The van der Waals surface area contributed by atoms with Crippen LogP contribution in [0.25, 0.3) is 0 Å². The molecule has 2 aliphatic heterocycles. The number of hydrogen-bond acceptors (Lipinski definition) is 5. The summed E-state index contributed by atoms with van der Waals surface area (Å²) in [5, 5.41) is 3.28. The van der Waals surface area contributed by atoms with Crippen LogP contribution in [0.4, 0.5) is 0 Å². The normalized spacial score (nSPS) is 21.4. The van der Waals surface area contributed by atoms with Gasteiger partial charge < -0.3 is 10.2 Å². The number of hydrogen-bond donors (Lipinski definition) is 1. The highest BCUT2D eigenvalue weighted by molar-refractivity contribution is 7.89. The van der Waals surface area contributed by atoms with Crippen molar-refractivity contribution in [3.05, 3.63) is 29.3 Å². The average Bonchev–Trinajstić information content (AvgIpc) is 2.66. The van der Waals surface area contributed by atoms with Crippen molar-refractivity contribution in [1.82, 2.24) is 19.4 Å². The zero-order valence-electron chi connectivity index (χ0n) is 16.0. The van der Waals surface area contributed by atoms with Gasteiger partial charge in [0.1, 0.15) is 0 Å². The number of amides is 2. The van der Waals surface area contributed by atoms with Crippen molar-refractivity contribution >= 4 is 33.4 Å². The Balaban J connectivity index is 1.59. The molecule has 0 radical (unpaired) electrons. The van der Waals surface area contributed by atoms with E-state index < -0.39 is 15.6 Å². The van der Waals surface area contributed by atoms with E-state index in [0.717, 1.165) is 0 Å². The van der Waals surface area contributed by atoms with Gasteiger partial charge >= 0.3 is 0 Å². The molecular weight excluding hydrogens is 404 g/mol. The summed E-state index contributed by atoms with van der Waals surface area (Å²) in [5.41, 5.74) is -0.742. The molecule has 3 rings (SSSR count). The third-order valence-corrected chi connectivity index (χ3v) is 7.55. The number of carbonyl (C=O) groups is 2. The van der Waals surface area contributed by atoms with E-state index in [2.05, 4.69) is 5.32 Å². The van der Waals surface area contributed by atoms with Crippen molar-refractivity contribution < 1.29 is 18.0 Å². The van der Waals surface area contributed by atoms with Crippen LogP contribution < -0.4 is 5.32 Å². The van der Waals surface area contributed by atoms with Gasteiger partial charge in [-0.25, -0.2) is 8.42 Å². The highest BCUT2D eigenvalue weighted by Gasteiger charge is 2.39. The number of nitrogens with one attached hydrogen (secondary N) is 1. The average molecular weight is 429 g/mol. The molecule has 0 bridgehead atoms. The van der Waals surface area contributed by atoms with Crippen LogP contribution in [0.15, 0.2) is 29.2 Å². The Bertz CT molecular complexity index is 849. The Morgan fingerprint density at radius 2 is 1.71 bits per heavy atom. The lowest BCUT2D eigenvalue weighted by Gasteiger charge is -2.42. The molecule has 2 aliphatic rings. The van der Waals surface area contributed by atoms with Crippen LogP contribution in [0.3, 0.4) is 0 Å². The summed E-state index contributed by atoms with van der Waals surface area (Å²) in [6, 6.07) is 6.06. The topological polar surface area (TPSA) is 90.0 Å². The molecule has 2 saturated heterocycles. The van der Waals surface area contributed by atoms with Gasteiger partial charge in [-0.15, -0.1) is 0 Å². The van der Waals surface area contributed by atoms with E-state index in [1.807, 2.05) is 4.90 Å². The van der Waals surface area contributed by atoms with E-state index in [1.54, 1.807) is 30.9 Å². The number of halogens is 1. The van der Waals surface area contributed by atoms with Gasteiger partial charge in [0.05, 0.1) is 17.0 Å². The van der Waals surface area contributed by atoms with E-state index in [9.17, 15) is 18.0 Å². The van der Waals surface area contributed by atoms with Gasteiger partial charge in [-0.2, -0.15) is 4.31 Å². The summed E-state index contributed by atoms with van der Waals surface area (Å²) in [5.74, 6) is -0.184. The third-order valence-electron chi connectivity index (χ3n) is 5.38. The maximum absolute atomic E-state index is 12.7. The zero-order valence-corrected chi connectivity index (χ0v) is 17.6. The van der Waals surface area contributed by atoms with Crippen LogP contribution >= 0.6 is 11.6 Å². The predicted octanol–water partition coefficient (Wildman–Crippen LogP) is 0.383. The van der Waals surface area contributed by atoms with Gasteiger partial charge in [-0.05, 0) is 38.1 Å². The van der Waals surface area contributed by atoms with Crippen LogP contribution in [-0.4, -0.2) is 85.7 Å². The first-order valence-electron chi connectivity index (χ1n) is 9.19. The SMILES string of the molecule is CC1(C)C(=O)NCCN1CC(=O)N1CCN(S(=O)(=O)c2ccc(Cl)cc2)CC1. The van der Waals surface area contributed by atoms with E-state index in [1.165, 1.54) is 16.4 Å². The van der Waals surface area contributed by atoms with E-state index in [-0.39, 0.29) is 36.3 Å². The highest BCUT2D eigenvalue weighted by atomic mass is 35.5. The molecule has 2 fully saturated rings. The van der Waals surface area contributed by atoms with Crippen LogP contribution in [0.1, 0.15) is 13.8 Å². The Morgan fingerprint density at radius 3 is 2.32 bits per heavy atom. The van der Waals surface area contributed by atoms with Gasteiger partial charge in [0.15, 0.2) is 0 Å². The van der Waals surface area contributed by atoms with Crippen LogP contribution in [0.2, 0.25) is 5.02 Å². The standard InChI is InChI=1S/C18H25ClN4O4S/c1-18(2)17(25)20-7-8-22(18)13-16(24)21-9-11-23(12-10-21)28(26,27)15-5-3-14(19)4-6-15/h3-6H,7-13H2,1-2H3,(H,20,25). The number of sulfonamides is 1. The molecule has 10 heteroatoms. The van der Waals surface area contributed by atoms with Gasteiger partial charge in [0, 0.05) is 44.3 Å². The predicted molar refractivity (Wildman–Crippen MR) is 105 cm³/mol. The van der Waals surface area contributed by atoms with Crippen LogP contribution in [0, 0.1) is 0 Å². The maximum Gasteiger partial charge on any atom is 0.243 e. The first kappa shape index (κ1) is 21.0. The Hall–Kier alpha value is -1.68. The molecule has 8 nitrogen and oxygen atoms in total. The van der Waals surface area contributed by atoms with Crippen molar-refractivity contribution in [1.29, 1.82) is 0 Å². The van der Waals surface area contributed by atoms with Gasteiger partial charge in [-0.3, -0.25) is 14.5 Å². The van der Waals surface area contributed by atoms with Crippen molar-refractivity contribution in [2.24, 2.45) is 0 Å². The van der Waals surface area contributed by atoms with Crippen molar-refractivity contribution in [2.75, 3.05) is 45.8 Å². The summed E-state index contributed by atoms with van der Waals surface area (Å²) in [4.78, 5) is 28.4. The quantitative estimate of drug-likeness (QED) is 0.749. The fourth-order valence-corrected chi connectivity index (χ4v) is 4.97. The lowest BCUT2D eigenvalue weighted by Crippen LogP contribution is -2.64. The first-order chi connectivity index (χ1) is 13.1. The molecule has 2 heterocycles. The van der Waals surface area contributed by atoms with Gasteiger partial charge in [0.25, 0.3) is 0 Å². The summed E-state index contributed by atoms with van der Waals surface area (Å²) >= 11 is 5.83. The summed E-state index contributed by atoms with van der Waals surface area (Å²) < 4.78 is 26.9. The molecule has 0 saturated carbocycles. The van der Waals surface area contributed by atoms with E-state index >= 15 is 0 Å². The molecular formula is C18H25ClN4O4S. The fourth-order valence-electron chi connectivity index (χ4n) is 3.42. The minimum absolute atomic E-state index is 0.0914. The molecule has 0 aromatic heterocycles. The van der Waals surface area contributed by atoms with Gasteiger partial charge in [-0.1, -0.05) is 11.6 Å².